The number of nitrogens with one attached hydrogen (secondary N) is 1. The summed E-state index contributed by atoms with van der Waals surface area (Å²) in [6.07, 6.45) is 1.29. The van der Waals surface area contributed by atoms with Crippen molar-refractivity contribution in [2.75, 3.05) is 0 Å². The van der Waals surface area contributed by atoms with Gasteiger partial charge in [-0.25, -0.2) is 5.43 Å². The molecule has 2 N–H and O–H groups in total. The maximum atomic E-state index is 12.2. The van der Waals surface area contributed by atoms with Crippen LogP contribution < -0.4 is 5.43 Å². The zero-order chi connectivity index (χ0) is 17.8. The molecule has 0 saturated heterocycles. The van der Waals surface area contributed by atoms with Crippen LogP contribution in [0.2, 0.25) is 0 Å². The van der Waals surface area contributed by atoms with E-state index in [1.165, 1.54) is 30.5 Å². The maximum Gasteiger partial charge on any atom is 0.275 e. The number of amides is 1. The lowest BCUT2D eigenvalue weighted by atomic mass is 10.1. The fraction of sp³-hybridized carbons (Fsp3) is 0. The smallest absolute Gasteiger partial charge is 0.275 e. The largest absolute Gasteiger partial charge is 0.507 e. The van der Waals surface area contributed by atoms with Gasteiger partial charge in [0.1, 0.15) is 5.75 Å². The molecule has 0 radical (unpaired) electrons. The van der Waals surface area contributed by atoms with E-state index >= 15 is 0 Å². The van der Waals surface area contributed by atoms with E-state index in [0.717, 1.165) is 10.8 Å². The molecule has 0 aliphatic rings. The summed E-state index contributed by atoms with van der Waals surface area (Å²) in [5.41, 5.74) is 2.80. The second-order valence-electron chi connectivity index (χ2n) is 5.27. The molecule has 1 amide bonds. The standard InChI is InChI=1S/C18H13N3O4/c22-17-10-14-6-2-1-5-13(14)9-16(17)18(23)20-19-11-12-4-3-7-15(8-12)21(24)25/h1-11,22H,(H,20,23)/b19-11-. The predicted molar refractivity (Wildman–Crippen MR) is 93.8 cm³/mol. The normalized spacial score (nSPS) is 10.9. The van der Waals surface area contributed by atoms with Gasteiger partial charge in [-0.15, -0.1) is 0 Å². The minimum absolute atomic E-state index is 0.0672. The molecule has 3 aromatic rings. The number of aromatic hydroxyl groups is 1. The van der Waals surface area contributed by atoms with Crippen LogP contribution in [0.4, 0.5) is 5.69 Å². The van der Waals surface area contributed by atoms with E-state index in [9.17, 15) is 20.0 Å². The molecule has 0 aromatic heterocycles. The third kappa shape index (κ3) is 3.61. The van der Waals surface area contributed by atoms with Gasteiger partial charge < -0.3 is 5.11 Å². The van der Waals surface area contributed by atoms with E-state index in [0.29, 0.717) is 5.56 Å². The predicted octanol–water partition coefficient (Wildman–Crippen LogP) is 3.22. The quantitative estimate of drug-likeness (QED) is 0.434. The molecule has 0 fully saturated rings. The Labute approximate surface area is 142 Å². The molecule has 0 bridgehead atoms. The van der Waals surface area contributed by atoms with Crippen molar-refractivity contribution in [1.82, 2.24) is 5.43 Å². The highest BCUT2D eigenvalue weighted by atomic mass is 16.6. The number of non-ortho nitro benzene ring substituents is 1. The van der Waals surface area contributed by atoms with Crippen LogP contribution in [0.1, 0.15) is 15.9 Å². The van der Waals surface area contributed by atoms with Gasteiger partial charge in [-0.2, -0.15) is 5.10 Å². The molecular weight excluding hydrogens is 322 g/mol. The summed E-state index contributed by atoms with van der Waals surface area (Å²) in [4.78, 5) is 22.4. The summed E-state index contributed by atoms with van der Waals surface area (Å²) in [7, 11) is 0. The van der Waals surface area contributed by atoms with Crippen LogP contribution in [0, 0.1) is 10.1 Å². The van der Waals surface area contributed by atoms with Crippen molar-refractivity contribution >= 4 is 28.6 Å². The van der Waals surface area contributed by atoms with Crippen LogP contribution in [0.15, 0.2) is 65.8 Å². The topological polar surface area (TPSA) is 105 Å². The van der Waals surface area contributed by atoms with Crippen molar-refractivity contribution in [3.05, 3.63) is 81.9 Å². The van der Waals surface area contributed by atoms with Gasteiger partial charge >= 0.3 is 0 Å². The summed E-state index contributed by atoms with van der Waals surface area (Å²) in [5, 5.41) is 26.1. The number of nitro groups is 1. The summed E-state index contributed by atoms with van der Waals surface area (Å²) >= 11 is 0. The first kappa shape index (κ1) is 16.1. The molecule has 0 unspecified atom stereocenters. The number of fused-ring (bicyclic) bond motifs is 1. The molecule has 3 rings (SSSR count). The van der Waals surface area contributed by atoms with Crippen molar-refractivity contribution < 1.29 is 14.8 Å². The zero-order valence-corrected chi connectivity index (χ0v) is 12.9. The number of hydrogen-bond donors (Lipinski definition) is 2. The van der Waals surface area contributed by atoms with E-state index in [2.05, 4.69) is 10.5 Å². The summed E-state index contributed by atoms with van der Waals surface area (Å²) < 4.78 is 0. The van der Waals surface area contributed by atoms with Crippen LogP contribution in [0.5, 0.6) is 5.75 Å². The molecule has 3 aromatic carbocycles. The molecule has 0 atom stereocenters. The van der Waals surface area contributed by atoms with Gasteiger partial charge in [-0.1, -0.05) is 36.4 Å². The number of hydrogen-bond acceptors (Lipinski definition) is 5. The van der Waals surface area contributed by atoms with Gasteiger partial charge in [0.25, 0.3) is 11.6 Å². The molecule has 0 aliphatic carbocycles. The third-order valence-corrected chi connectivity index (χ3v) is 3.57. The number of nitrogens with zero attached hydrogens (tertiary/aromatic N) is 2. The van der Waals surface area contributed by atoms with Crippen LogP contribution in [0.3, 0.4) is 0 Å². The monoisotopic (exact) mass is 335 g/mol. The van der Waals surface area contributed by atoms with E-state index in [1.54, 1.807) is 12.1 Å². The second-order valence-corrected chi connectivity index (χ2v) is 5.27. The van der Waals surface area contributed by atoms with Gasteiger partial charge in [0.2, 0.25) is 0 Å². The number of carbonyl (C=O) groups is 1. The average Bonchev–Trinajstić information content (AvgIpc) is 2.61. The van der Waals surface area contributed by atoms with Crippen LogP contribution in [0.25, 0.3) is 10.8 Å². The van der Waals surface area contributed by atoms with E-state index in [1.807, 2.05) is 24.3 Å². The Kier molecular flexibility index (Phi) is 4.38. The number of phenolic OH excluding ortho intramolecular Hbond substituents is 1. The summed E-state index contributed by atoms with van der Waals surface area (Å²) in [6, 6.07) is 16.3. The number of phenols is 1. The summed E-state index contributed by atoms with van der Waals surface area (Å²) in [5.74, 6) is -0.730. The Morgan fingerprint density at radius 3 is 2.52 bits per heavy atom. The van der Waals surface area contributed by atoms with Crippen molar-refractivity contribution in [3.63, 3.8) is 0 Å². The number of nitro benzene ring substituents is 1. The minimum Gasteiger partial charge on any atom is -0.507 e. The van der Waals surface area contributed by atoms with Gasteiger partial charge in [0.15, 0.2) is 0 Å². The SMILES string of the molecule is O=C(N/N=C\c1cccc([N+](=O)[O-])c1)c1cc2ccccc2cc1O. The van der Waals surface area contributed by atoms with Gasteiger partial charge in [-0.3, -0.25) is 14.9 Å². The van der Waals surface area contributed by atoms with Gasteiger partial charge in [0, 0.05) is 17.7 Å². The van der Waals surface area contributed by atoms with Gasteiger partial charge in [0.05, 0.1) is 16.7 Å². The van der Waals surface area contributed by atoms with E-state index in [-0.39, 0.29) is 17.0 Å². The van der Waals surface area contributed by atoms with E-state index in [4.69, 9.17) is 0 Å². The molecule has 7 nitrogen and oxygen atoms in total. The molecule has 0 heterocycles. The lowest BCUT2D eigenvalue weighted by Gasteiger charge is -2.05. The Hall–Kier alpha value is -3.74. The Balaban J connectivity index is 1.77. The first-order chi connectivity index (χ1) is 12.0. The minimum atomic E-state index is -0.579. The Bertz CT molecular complexity index is 999. The summed E-state index contributed by atoms with van der Waals surface area (Å²) in [6.45, 7) is 0. The second kappa shape index (κ2) is 6.79. The van der Waals surface area contributed by atoms with E-state index < -0.39 is 10.8 Å². The molecule has 124 valence electrons. The molecule has 7 heteroatoms. The maximum absolute atomic E-state index is 12.2. The lowest BCUT2D eigenvalue weighted by molar-refractivity contribution is -0.384. The van der Waals surface area contributed by atoms with Crippen molar-refractivity contribution in [2.45, 2.75) is 0 Å². The van der Waals surface area contributed by atoms with Crippen molar-refractivity contribution in [3.8, 4) is 5.75 Å². The Morgan fingerprint density at radius 1 is 1.08 bits per heavy atom. The average molecular weight is 335 g/mol. The van der Waals surface area contributed by atoms with Crippen LogP contribution in [-0.2, 0) is 0 Å². The number of benzene rings is 3. The highest BCUT2D eigenvalue weighted by molar-refractivity contribution is 6.01. The number of carbonyl (C=O) groups excluding carboxylic acids is 1. The number of rotatable bonds is 4. The highest BCUT2D eigenvalue weighted by Gasteiger charge is 2.11. The molecule has 0 aliphatic heterocycles. The molecular formula is C18H13N3O4. The van der Waals surface area contributed by atoms with Crippen molar-refractivity contribution in [1.29, 1.82) is 0 Å². The lowest BCUT2D eigenvalue weighted by Crippen LogP contribution is -2.17. The molecule has 25 heavy (non-hydrogen) atoms. The van der Waals surface area contributed by atoms with Gasteiger partial charge in [-0.05, 0) is 22.9 Å². The molecule has 0 spiro atoms. The fourth-order valence-electron chi connectivity index (χ4n) is 2.35. The third-order valence-electron chi connectivity index (χ3n) is 3.57. The first-order valence-corrected chi connectivity index (χ1v) is 7.34. The Morgan fingerprint density at radius 2 is 1.80 bits per heavy atom. The van der Waals surface area contributed by atoms with Crippen molar-refractivity contribution in [2.24, 2.45) is 5.10 Å². The number of hydrazone groups is 1. The fourth-order valence-corrected chi connectivity index (χ4v) is 2.35. The zero-order valence-electron chi connectivity index (χ0n) is 12.9. The van der Waals surface area contributed by atoms with Crippen LogP contribution >= 0.6 is 0 Å². The highest BCUT2D eigenvalue weighted by Crippen LogP contribution is 2.24. The van der Waals surface area contributed by atoms with Crippen LogP contribution in [-0.4, -0.2) is 22.2 Å². The molecule has 0 saturated carbocycles. The first-order valence-electron chi connectivity index (χ1n) is 7.34.